The van der Waals surface area contributed by atoms with Crippen molar-refractivity contribution >= 4 is 23.2 Å². The van der Waals surface area contributed by atoms with E-state index in [9.17, 15) is 14.7 Å². The fourth-order valence-corrected chi connectivity index (χ4v) is 4.80. The SMILES string of the molecule is O=C(O)C1CCO[C@H]1C1CCN(C(=O)Cc2csc(-c3ccoc3)n2)CC1. The van der Waals surface area contributed by atoms with Crippen LogP contribution in [0, 0.1) is 11.8 Å². The highest BCUT2D eigenvalue weighted by atomic mass is 32.1. The van der Waals surface area contributed by atoms with Crippen molar-refractivity contribution < 1.29 is 23.8 Å². The van der Waals surface area contributed by atoms with Crippen molar-refractivity contribution in [3.8, 4) is 10.6 Å². The molecule has 144 valence electrons. The number of nitrogens with zero attached hydrogens (tertiary/aromatic N) is 2. The average Bonchev–Trinajstić information content (AvgIpc) is 3.42. The van der Waals surface area contributed by atoms with Crippen molar-refractivity contribution in [2.24, 2.45) is 11.8 Å². The number of thiazole rings is 1. The number of carboxylic acid groups (broad SMARTS) is 1. The van der Waals surface area contributed by atoms with Crippen molar-refractivity contribution in [3.63, 3.8) is 0 Å². The summed E-state index contributed by atoms with van der Waals surface area (Å²) in [6.45, 7) is 1.81. The largest absolute Gasteiger partial charge is 0.481 e. The van der Waals surface area contributed by atoms with E-state index in [1.807, 2.05) is 16.3 Å². The Hall–Kier alpha value is -2.19. The van der Waals surface area contributed by atoms with Crippen LogP contribution in [0.4, 0.5) is 0 Å². The summed E-state index contributed by atoms with van der Waals surface area (Å²) in [5.41, 5.74) is 1.69. The zero-order valence-electron chi connectivity index (χ0n) is 14.9. The number of furan rings is 1. The lowest BCUT2D eigenvalue weighted by Gasteiger charge is -2.35. The molecule has 2 atom stereocenters. The smallest absolute Gasteiger partial charge is 0.309 e. The third kappa shape index (κ3) is 3.91. The number of hydrogen-bond donors (Lipinski definition) is 1. The van der Waals surface area contributed by atoms with Gasteiger partial charge >= 0.3 is 5.97 Å². The van der Waals surface area contributed by atoms with Crippen LogP contribution in [0.15, 0.2) is 28.4 Å². The van der Waals surface area contributed by atoms with Crippen LogP contribution in [0.5, 0.6) is 0 Å². The number of carbonyl (C=O) groups is 2. The molecular formula is C19H22N2O5S. The first-order valence-corrected chi connectivity index (χ1v) is 10.1. The molecule has 2 aliphatic rings. The van der Waals surface area contributed by atoms with Gasteiger partial charge in [0.15, 0.2) is 0 Å². The summed E-state index contributed by atoms with van der Waals surface area (Å²) in [5.74, 6) is -0.897. The van der Waals surface area contributed by atoms with E-state index in [0.29, 0.717) is 26.1 Å². The minimum Gasteiger partial charge on any atom is -0.481 e. The van der Waals surface area contributed by atoms with E-state index in [1.165, 1.54) is 11.3 Å². The Kier molecular flexibility index (Phi) is 5.27. The molecule has 0 aromatic carbocycles. The number of likely N-dealkylation sites (tertiary alicyclic amines) is 1. The van der Waals surface area contributed by atoms with E-state index in [-0.39, 0.29) is 24.3 Å². The molecule has 0 radical (unpaired) electrons. The Labute approximate surface area is 161 Å². The highest BCUT2D eigenvalue weighted by Gasteiger charge is 2.40. The Balaban J connectivity index is 1.31. The molecule has 4 heterocycles. The van der Waals surface area contributed by atoms with Gasteiger partial charge in [-0.1, -0.05) is 0 Å². The number of hydrogen-bond acceptors (Lipinski definition) is 6. The molecule has 0 spiro atoms. The summed E-state index contributed by atoms with van der Waals surface area (Å²) in [6, 6.07) is 1.85. The van der Waals surface area contributed by atoms with Crippen LogP contribution in [-0.4, -0.2) is 52.7 Å². The highest BCUT2D eigenvalue weighted by Crippen LogP contribution is 2.33. The molecule has 4 rings (SSSR count). The van der Waals surface area contributed by atoms with Gasteiger partial charge in [-0.3, -0.25) is 9.59 Å². The predicted molar refractivity (Wildman–Crippen MR) is 98.3 cm³/mol. The second-order valence-corrected chi connectivity index (χ2v) is 7.98. The van der Waals surface area contributed by atoms with Crippen LogP contribution in [0.1, 0.15) is 25.0 Å². The fourth-order valence-electron chi connectivity index (χ4n) is 3.99. The molecule has 7 nitrogen and oxygen atoms in total. The predicted octanol–water partition coefficient (Wildman–Crippen LogP) is 2.67. The number of ether oxygens (including phenoxy) is 1. The molecule has 2 aromatic rings. The normalized spacial score (nSPS) is 23.6. The van der Waals surface area contributed by atoms with E-state index in [1.54, 1.807) is 12.5 Å². The average molecular weight is 390 g/mol. The van der Waals surface area contributed by atoms with Gasteiger partial charge in [0.1, 0.15) is 11.3 Å². The van der Waals surface area contributed by atoms with Crippen LogP contribution in [-0.2, 0) is 20.7 Å². The Bertz CT molecular complexity index is 795. The summed E-state index contributed by atoms with van der Waals surface area (Å²) in [4.78, 5) is 30.4. The Morgan fingerprint density at radius 3 is 2.81 bits per heavy atom. The van der Waals surface area contributed by atoms with Crippen LogP contribution < -0.4 is 0 Å². The fraction of sp³-hybridized carbons (Fsp3) is 0.526. The molecule has 2 aliphatic heterocycles. The van der Waals surface area contributed by atoms with Gasteiger partial charge in [-0.2, -0.15) is 0 Å². The lowest BCUT2D eigenvalue weighted by Crippen LogP contribution is -2.43. The quantitative estimate of drug-likeness (QED) is 0.844. The maximum Gasteiger partial charge on any atom is 0.309 e. The third-order valence-electron chi connectivity index (χ3n) is 5.46. The standard InChI is InChI=1S/C19H22N2O5S/c22-16(9-14-11-27-18(20-14)13-3-7-25-10-13)21-5-1-12(2-6-21)17-15(19(23)24)4-8-26-17/h3,7,10-12,15,17H,1-2,4-6,8-9H2,(H,23,24)/t15?,17-/m0/s1. The number of amides is 1. The van der Waals surface area contributed by atoms with Gasteiger partial charge in [0, 0.05) is 30.6 Å². The molecule has 1 unspecified atom stereocenters. The molecule has 1 N–H and O–H groups in total. The number of aliphatic carboxylic acids is 1. The van der Waals surface area contributed by atoms with Crippen LogP contribution in [0.25, 0.3) is 10.6 Å². The van der Waals surface area contributed by atoms with Gasteiger partial charge in [-0.05, 0) is 31.2 Å². The van der Waals surface area contributed by atoms with E-state index in [0.717, 1.165) is 29.1 Å². The molecule has 2 saturated heterocycles. The number of aromatic nitrogens is 1. The monoisotopic (exact) mass is 390 g/mol. The van der Waals surface area contributed by atoms with Crippen LogP contribution >= 0.6 is 11.3 Å². The molecule has 1 amide bonds. The van der Waals surface area contributed by atoms with Crippen LogP contribution in [0.3, 0.4) is 0 Å². The third-order valence-corrected chi connectivity index (χ3v) is 6.40. The van der Waals surface area contributed by atoms with Gasteiger partial charge in [-0.15, -0.1) is 11.3 Å². The minimum atomic E-state index is -0.770. The van der Waals surface area contributed by atoms with Gasteiger partial charge < -0.3 is 19.2 Å². The van der Waals surface area contributed by atoms with Crippen molar-refractivity contribution in [3.05, 3.63) is 29.7 Å². The zero-order chi connectivity index (χ0) is 18.8. The lowest BCUT2D eigenvalue weighted by molar-refractivity contribution is -0.145. The first-order valence-electron chi connectivity index (χ1n) is 9.21. The van der Waals surface area contributed by atoms with Crippen molar-refractivity contribution in [2.45, 2.75) is 31.8 Å². The minimum absolute atomic E-state index is 0.0691. The van der Waals surface area contributed by atoms with Crippen LogP contribution in [0.2, 0.25) is 0 Å². The van der Waals surface area contributed by atoms with Crippen molar-refractivity contribution in [1.29, 1.82) is 0 Å². The maximum absolute atomic E-state index is 12.6. The number of piperidine rings is 1. The molecule has 2 aromatic heterocycles. The van der Waals surface area contributed by atoms with E-state index >= 15 is 0 Å². The summed E-state index contributed by atoms with van der Waals surface area (Å²) >= 11 is 1.50. The Morgan fingerprint density at radius 1 is 1.30 bits per heavy atom. The second kappa shape index (κ2) is 7.82. The molecular weight excluding hydrogens is 368 g/mol. The van der Waals surface area contributed by atoms with E-state index < -0.39 is 11.9 Å². The second-order valence-electron chi connectivity index (χ2n) is 7.12. The summed E-state index contributed by atoms with van der Waals surface area (Å²) in [7, 11) is 0. The van der Waals surface area contributed by atoms with E-state index in [2.05, 4.69) is 4.98 Å². The van der Waals surface area contributed by atoms with Crippen molar-refractivity contribution in [2.75, 3.05) is 19.7 Å². The first-order chi connectivity index (χ1) is 13.1. The maximum atomic E-state index is 12.6. The highest BCUT2D eigenvalue weighted by molar-refractivity contribution is 7.13. The number of rotatable bonds is 5. The molecule has 2 fully saturated rings. The topological polar surface area (TPSA) is 92.9 Å². The zero-order valence-corrected chi connectivity index (χ0v) is 15.7. The van der Waals surface area contributed by atoms with E-state index in [4.69, 9.17) is 9.15 Å². The number of carboxylic acids is 1. The van der Waals surface area contributed by atoms with Gasteiger partial charge in [0.05, 0.1) is 30.4 Å². The molecule has 0 bridgehead atoms. The lowest BCUT2D eigenvalue weighted by atomic mass is 9.84. The van der Waals surface area contributed by atoms with Crippen molar-refractivity contribution in [1.82, 2.24) is 9.88 Å². The first kappa shape index (κ1) is 18.2. The van der Waals surface area contributed by atoms with Gasteiger partial charge in [0.25, 0.3) is 0 Å². The van der Waals surface area contributed by atoms with Gasteiger partial charge in [-0.25, -0.2) is 4.98 Å². The summed E-state index contributed by atoms with van der Waals surface area (Å²) in [6.07, 6.45) is 5.49. The summed E-state index contributed by atoms with van der Waals surface area (Å²) in [5, 5.41) is 12.1. The molecule has 27 heavy (non-hydrogen) atoms. The Morgan fingerprint density at radius 2 is 2.11 bits per heavy atom. The number of carbonyl (C=O) groups excluding carboxylic acids is 1. The van der Waals surface area contributed by atoms with Gasteiger partial charge in [0.2, 0.25) is 5.91 Å². The molecule has 8 heteroatoms. The molecule has 0 aliphatic carbocycles. The summed E-state index contributed by atoms with van der Waals surface area (Å²) < 4.78 is 10.8. The molecule has 0 saturated carbocycles.